The number of hydrogen-bond acceptors (Lipinski definition) is 5. The SMILES string of the molecule is CCOc1cc(/C=C2\SC(=Nc3ccc(Cl)cc3)N(c3ccc(Cl)cc3)C2=O)cc(Br)c1OCc1ccc(C)cc1. The number of carbonyl (C=O) groups excluding carboxylic acids is 1. The minimum Gasteiger partial charge on any atom is -0.490 e. The number of thioether (sulfide) groups is 1. The Morgan fingerprint density at radius 2 is 1.59 bits per heavy atom. The molecule has 9 heteroatoms. The molecule has 0 atom stereocenters. The monoisotopic (exact) mass is 666 g/mol. The highest BCUT2D eigenvalue weighted by Crippen LogP contribution is 2.41. The molecule has 208 valence electrons. The average Bonchev–Trinajstić information content (AvgIpc) is 3.25. The molecule has 1 aliphatic heterocycles. The van der Waals surface area contributed by atoms with Gasteiger partial charge in [-0.15, -0.1) is 0 Å². The lowest BCUT2D eigenvalue weighted by Crippen LogP contribution is -2.28. The quantitative estimate of drug-likeness (QED) is 0.176. The Balaban J connectivity index is 1.48. The highest BCUT2D eigenvalue weighted by molar-refractivity contribution is 9.10. The van der Waals surface area contributed by atoms with E-state index in [0.29, 0.717) is 56.2 Å². The van der Waals surface area contributed by atoms with E-state index in [9.17, 15) is 4.79 Å². The number of amidine groups is 1. The van der Waals surface area contributed by atoms with Gasteiger partial charge in [-0.05, 0) is 119 Å². The Bertz CT molecular complexity index is 1620. The third-order valence-electron chi connectivity index (χ3n) is 6.08. The van der Waals surface area contributed by atoms with Crippen LogP contribution in [-0.4, -0.2) is 17.7 Å². The molecule has 5 nitrogen and oxygen atoms in total. The maximum Gasteiger partial charge on any atom is 0.271 e. The topological polar surface area (TPSA) is 51.1 Å². The molecule has 4 aromatic rings. The summed E-state index contributed by atoms with van der Waals surface area (Å²) in [6, 6.07) is 26.2. The lowest BCUT2D eigenvalue weighted by Gasteiger charge is -2.16. The summed E-state index contributed by atoms with van der Waals surface area (Å²) in [6.07, 6.45) is 1.83. The van der Waals surface area contributed by atoms with Gasteiger partial charge in [0.25, 0.3) is 5.91 Å². The van der Waals surface area contributed by atoms with E-state index in [4.69, 9.17) is 37.7 Å². The second-order valence-electron chi connectivity index (χ2n) is 9.14. The van der Waals surface area contributed by atoms with Crippen LogP contribution in [0, 0.1) is 6.92 Å². The fourth-order valence-corrected chi connectivity index (χ4v) is 5.89. The molecule has 0 N–H and O–H groups in total. The molecular weight excluding hydrogens is 643 g/mol. The van der Waals surface area contributed by atoms with Crippen molar-refractivity contribution in [3.05, 3.63) is 121 Å². The third kappa shape index (κ3) is 7.16. The molecule has 5 rings (SSSR count). The van der Waals surface area contributed by atoms with Gasteiger partial charge < -0.3 is 9.47 Å². The van der Waals surface area contributed by atoms with Crippen molar-refractivity contribution in [1.82, 2.24) is 0 Å². The first kappa shape index (κ1) is 29.3. The molecule has 0 aromatic heterocycles. The number of hydrogen-bond donors (Lipinski definition) is 0. The predicted molar refractivity (Wildman–Crippen MR) is 174 cm³/mol. The zero-order valence-electron chi connectivity index (χ0n) is 22.2. The molecule has 1 fully saturated rings. The maximum absolute atomic E-state index is 13.7. The largest absolute Gasteiger partial charge is 0.490 e. The first-order valence-corrected chi connectivity index (χ1v) is 15.2. The lowest BCUT2D eigenvalue weighted by atomic mass is 10.1. The normalized spacial score (nSPS) is 15.1. The molecule has 1 heterocycles. The molecule has 0 spiro atoms. The first-order chi connectivity index (χ1) is 19.8. The van der Waals surface area contributed by atoms with Gasteiger partial charge in [-0.25, -0.2) is 4.99 Å². The van der Waals surface area contributed by atoms with Crippen molar-refractivity contribution in [3.63, 3.8) is 0 Å². The molecule has 0 bridgehead atoms. The average molecular weight is 668 g/mol. The number of amides is 1. The molecule has 1 amide bonds. The summed E-state index contributed by atoms with van der Waals surface area (Å²) in [6.45, 7) is 4.83. The summed E-state index contributed by atoms with van der Waals surface area (Å²) in [4.78, 5) is 20.6. The smallest absolute Gasteiger partial charge is 0.271 e. The molecule has 1 aliphatic rings. The Kier molecular flexibility index (Phi) is 9.40. The molecule has 4 aromatic carbocycles. The lowest BCUT2D eigenvalue weighted by molar-refractivity contribution is -0.113. The van der Waals surface area contributed by atoms with Crippen molar-refractivity contribution >= 4 is 79.4 Å². The minimum atomic E-state index is -0.196. The van der Waals surface area contributed by atoms with Gasteiger partial charge in [0.05, 0.1) is 27.4 Å². The highest BCUT2D eigenvalue weighted by atomic mass is 79.9. The third-order valence-corrected chi connectivity index (χ3v) is 8.14. The van der Waals surface area contributed by atoms with E-state index in [-0.39, 0.29) is 5.91 Å². The summed E-state index contributed by atoms with van der Waals surface area (Å²) < 4.78 is 12.8. The minimum absolute atomic E-state index is 0.196. The number of rotatable bonds is 8. The molecule has 0 saturated carbocycles. The summed E-state index contributed by atoms with van der Waals surface area (Å²) >= 11 is 17.1. The maximum atomic E-state index is 13.7. The number of aliphatic imine (C=N–C) groups is 1. The fraction of sp³-hybridized carbons (Fsp3) is 0.125. The van der Waals surface area contributed by atoms with Crippen LogP contribution in [0.2, 0.25) is 10.0 Å². The van der Waals surface area contributed by atoms with E-state index in [0.717, 1.165) is 15.6 Å². The van der Waals surface area contributed by atoms with Crippen LogP contribution in [0.25, 0.3) is 6.08 Å². The zero-order valence-corrected chi connectivity index (χ0v) is 26.2. The van der Waals surface area contributed by atoms with Gasteiger partial charge in [0, 0.05) is 10.0 Å². The van der Waals surface area contributed by atoms with Crippen LogP contribution in [0.5, 0.6) is 11.5 Å². The van der Waals surface area contributed by atoms with E-state index in [2.05, 4.69) is 35.0 Å². The van der Waals surface area contributed by atoms with Crippen molar-refractivity contribution in [2.45, 2.75) is 20.5 Å². The zero-order chi connectivity index (χ0) is 28.9. The standard InChI is InChI=1S/C32H25BrCl2N2O3S/c1-3-39-28-17-22(16-27(33)30(28)40-19-21-6-4-20(2)5-7-21)18-29-31(38)37(26-14-10-24(35)11-15-26)32(41-29)36-25-12-8-23(34)9-13-25/h4-18H,3,19H2,1-2H3/b29-18-,36-32?. The Morgan fingerprint density at radius 3 is 2.24 bits per heavy atom. The Morgan fingerprint density at radius 1 is 0.927 bits per heavy atom. The van der Waals surface area contributed by atoms with E-state index in [1.807, 2.05) is 49.4 Å². The van der Waals surface area contributed by atoms with Crippen molar-refractivity contribution in [2.24, 2.45) is 4.99 Å². The number of carbonyl (C=O) groups is 1. The van der Waals surface area contributed by atoms with Gasteiger partial charge in [0.1, 0.15) is 6.61 Å². The molecule has 0 aliphatic carbocycles. The van der Waals surface area contributed by atoms with Crippen molar-refractivity contribution < 1.29 is 14.3 Å². The van der Waals surface area contributed by atoms with Crippen molar-refractivity contribution in [2.75, 3.05) is 11.5 Å². The van der Waals surface area contributed by atoms with Crippen LogP contribution >= 0.6 is 50.9 Å². The number of benzene rings is 4. The van der Waals surface area contributed by atoms with Crippen LogP contribution in [0.1, 0.15) is 23.6 Å². The van der Waals surface area contributed by atoms with E-state index < -0.39 is 0 Å². The number of halogens is 3. The molecule has 0 unspecified atom stereocenters. The summed E-state index contributed by atoms with van der Waals surface area (Å²) in [7, 11) is 0. The molecule has 0 radical (unpaired) electrons. The summed E-state index contributed by atoms with van der Waals surface area (Å²) in [5, 5.41) is 1.72. The Labute approximate surface area is 261 Å². The number of ether oxygens (including phenoxy) is 2. The van der Waals surface area contributed by atoms with Gasteiger partial charge in [-0.1, -0.05) is 53.0 Å². The van der Waals surface area contributed by atoms with Gasteiger partial charge in [-0.2, -0.15) is 0 Å². The van der Waals surface area contributed by atoms with Gasteiger partial charge in [0.2, 0.25) is 0 Å². The van der Waals surface area contributed by atoms with E-state index >= 15 is 0 Å². The van der Waals surface area contributed by atoms with E-state index in [1.165, 1.54) is 17.3 Å². The highest BCUT2D eigenvalue weighted by Gasteiger charge is 2.35. The second-order valence-corrected chi connectivity index (χ2v) is 11.9. The van der Waals surface area contributed by atoms with Gasteiger partial charge in [0.15, 0.2) is 16.7 Å². The van der Waals surface area contributed by atoms with Crippen molar-refractivity contribution in [1.29, 1.82) is 0 Å². The molecular formula is C32H25BrCl2N2O3S. The number of anilines is 1. The molecule has 41 heavy (non-hydrogen) atoms. The van der Waals surface area contributed by atoms with E-state index in [1.54, 1.807) is 41.3 Å². The Hall–Kier alpha value is -3.23. The van der Waals surface area contributed by atoms with Gasteiger partial charge in [-0.3, -0.25) is 9.69 Å². The first-order valence-electron chi connectivity index (χ1n) is 12.8. The number of nitrogens with zero attached hydrogens (tertiary/aromatic N) is 2. The predicted octanol–water partition coefficient (Wildman–Crippen LogP) is 9.85. The summed E-state index contributed by atoms with van der Waals surface area (Å²) in [5.74, 6) is 0.993. The fourth-order valence-electron chi connectivity index (χ4n) is 4.06. The van der Waals surface area contributed by atoms with Crippen LogP contribution < -0.4 is 14.4 Å². The number of aryl methyl sites for hydroxylation is 1. The van der Waals surface area contributed by atoms with Crippen molar-refractivity contribution in [3.8, 4) is 11.5 Å². The molecule has 1 saturated heterocycles. The van der Waals surface area contributed by atoms with Crippen LogP contribution in [0.3, 0.4) is 0 Å². The van der Waals surface area contributed by atoms with Crippen LogP contribution in [0.15, 0.2) is 99.3 Å². The van der Waals surface area contributed by atoms with Crippen LogP contribution in [-0.2, 0) is 11.4 Å². The second kappa shape index (κ2) is 13.2. The van der Waals surface area contributed by atoms with Crippen LogP contribution in [0.4, 0.5) is 11.4 Å². The summed E-state index contributed by atoms with van der Waals surface area (Å²) in [5.41, 5.74) is 4.37. The van der Waals surface area contributed by atoms with Gasteiger partial charge >= 0.3 is 0 Å².